The van der Waals surface area contributed by atoms with Gasteiger partial charge in [-0.15, -0.1) is 0 Å². The number of hydrogen-bond acceptors (Lipinski definition) is 6. The number of hydrogen-bond donors (Lipinski definition) is 0. The molecule has 0 N–H and O–H groups in total. The molecule has 1 saturated heterocycles. The molecule has 0 saturated carbocycles. The number of pyridine rings is 1. The number of anilines is 1. The van der Waals surface area contributed by atoms with Crippen LogP contribution >= 0.6 is 11.6 Å². The second-order valence-corrected chi connectivity index (χ2v) is 12.7. The Kier molecular flexibility index (Phi) is 6.94. The Bertz CT molecular complexity index is 1610. The van der Waals surface area contributed by atoms with Gasteiger partial charge in [0.05, 0.1) is 17.1 Å². The highest BCUT2D eigenvalue weighted by Crippen LogP contribution is 2.39. The van der Waals surface area contributed by atoms with Crippen molar-refractivity contribution < 1.29 is 26.7 Å². The molecule has 1 unspecified atom stereocenters. The Balaban J connectivity index is 1.29. The molecule has 3 aromatic rings. The Hall–Kier alpha value is -3.25. The predicted molar refractivity (Wildman–Crippen MR) is 144 cm³/mol. The molecular weight excluding hydrogens is 564 g/mol. The predicted octanol–water partition coefficient (Wildman–Crippen LogP) is 3.95. The van der Waals surface area contributed by atoms with Gasteiger partial charge < -0.3 is 14.2 Å². The summed E-state index contributed by atoms with van der Waals surface area (Å²) in [4.78, 5) is 24.1. The van der Waals surface area contributed by atoms with E-state index < -0.39 is 40.2 Å². The molecule has 0 spiro atoms. The van der Waals surface area contributed by atoms with E-state index in [1.807, 2.05) is 4.57 Å². The number of aromatic nitrogens is 3. The van der Waals surface area contributed by atoms with E-state index in [0.717, 1.165) is 30.8 Å². The van der Waals surface area contributed by atoms with E-state index in [4.69, 9.17) is 21.3 Å². The van der Waals surface area contributed by atoms with E-state index in [9.17, 15) is 17.6 Å². The molecular formula is C27H28ClF2N5O4S. The van der Waals surface area contributed by atoms with Gasteiger partial charge in [0.1, 0.15) is 17.7 Å². The number of carbonyl (C=O) groups is 1. The number of ether oxygens (including phenoxy) is 1. The zero-order valence-corrected chi connectivity index (χ0v) is 23.4. The van der Waals surface area contributed by atoms with Gasteiger partial charge in [-0.2, -0.15) is 0 Å². The van der Waals surface area contributed by atoms with Gasteiger partial charge in [0.2, 0.25) is 10.0 Å². The molecule has 1 amide bonds. The van der Waals surface area contributed by atoms with Crippen LogP contribution in [0.25, 0.3) is 0 Å². The number of imidazole rings is 1. The lowest BCUT2D eigenvalue weighted by molar-refractivity contribution is -0.135. The van der Waals surface area contributed by atoms with E-state index >= 15 is 4.39 Å². The van der Waals surface area contributed by atoms with Crippen molar-refractivity contribution in [2.45, 2.75) is 51.6 Å². The van der Waals surface area contributed by atoms with Crippen LogP contribution in [0, 0.1) is 18.6 Å². The van der Waals surface area contributed by atoms with Crippen molar-refractivity contribution in [1.82, 2.24) is 19.4 Å². The fraction of sp³-hybridized carbons (Fsp3) is 0.444. The minimum absolute atomic E-state index is 0.0453. The van der Waals surface area contributed by atoms with Crippen LogP contribution in [0.1, 0.15) is 53.6 Å². The average Bonchev–Trinajstić information content (AvgIpc) is 3.49. The number of benzene rings is 1. The summed E-state index contributed by atoms with van der Waals surface area (Å²) >= 11 is 6.29. The van der Waals surface area contributed by atoms with Crippen molar-refractivity contribution in [3.8, 4) is 5.75 Å². The van der Waals surface area contributed by atoms with Gasteiger partial charge in [0, 0.05) is 38.0 Å². The zero-order chi connectivity index (χ0) is 28.2. The van der Waals surface area contributed by atoms with Gasteiger partial charge in [-0.05, 0) is 43.9 Å². The first-order valence-corrected chi connectivity index (χ1v) is 15.3. The summed E-state index contributed by atoms with van der Waals surface area (Å²) in [6, 6.07) is 5.13. The van der Waals surface area contributed by atoms with Crippen LogP contribution in [0.15, 0.2) is 24.3 Å². The molecule has 0 radical (unpaired) electrons. The molecule has 1 fully saturated rings. The maximum Gasteiger partial charge on any atom is 0.261 e. The third-order valence-corrected chi connectivity index (χ3v) is 9.90. The summed E-state index contributed by atoms with van der Waals surface area (Å²) < 4.78 is 63.5. The van der Waals surface area contributed by atoms with Gasteiger partial charge in [0.25, 0.3) is 5.91 Å². The molecule has 2 aromatic heterocycles. The fourth-order valence-electron chi connectivity index (χ4n) is 5.79. The number of sulfonamides is 1. The summed E-state index contributed by atoms with van der Waals surface area (Å²) in [5, 5.41) is -0.0820. The van der Waals surface area contributed by atoms with Crippen molar-refractivity contribution >= 4 is 33.3 Å². The van der Waals surface area contributed by atoms with E-state index in [2.05, 4.69) is 4.98 Å². The number of halogens is 3. The van der Waals surface area contributed by atoms with Gasteiger partial charge in [-0.3, -0.25) is 9.10 Å². The summed E-state index contributed by atoms with van der Waals surface area (Å²) in [6.07, 6.45) is 3.71. The van der Waals surface area contributed by atoms with Crippen LogP contribution in [-0.2, 0) is 34.2 Å². The molecule has 3 aliphatic heterocycles. The monoisotopic (exact) mass is 591 g/mol. The molecule has 212 valence electrons. The summed E-state index contributed by atoms with van der Waals surface area (Å²) in [7, 11) is -3.43. The van der Waals surface area contributed by atoms with E-state index in [1.54, 1.807) is 0 Å². The lowest BCUT2D eigenvalue weighted by Crippen LogP contribution is -2.44. The molecule has 0 aliphatic carbocycles. The molecule has 1 aromatic carbocycles. The molecule has 1 atom stereocenters. The van der Waals surface area contributed by atoms with Gasteiger partial charge in [-0.1, -0.05) is 23.7 Å². The minimum Gasteiger partial charge on any atom is -0.481 e. The van der Waals surface area contributed by atoms with Crippen LogP contribution in [-0.4, -0.2) is 59.2 Å². The molecule has 3 aliphatic rings. The normalized spacial score (nSPS) is 19.9. The molecule has 5 heterocycles. The van der Waals surface area contributed by atoms with Crippen molar-refractivity contribution in [1.29, 1.82) is 0 Å². The van der Waals surface area contributed by atoms with Gasteiger partial charge in [0.15, 0.2) is 29.1 Å². The minimum atomic E-state index is -3.43. The van der Waals surface area contributed by atoms with Crippen molar-refractivity contribution in [3.05, 3.63) is 69.4 Å². The molecule has 40 heavy (non-hydrogen) atoms. The first-order chi connectivity index (χ1) is 19.2. The first-order valence-electron chi connectivity index (χ1n) is 13.3. The Labute approximate surface area is 235 Å². The number of carbonyl (C=O) groups excluding carboxylic acids is 1. The highest BCUT2D eigenvalue weighted by molar-refractivity contribution is 7.93. The maximum atomic E-state index is 15.4. The molecule has 13 heteroatoms. The summed E-state index contributed by atoms with van der Waals surface area (Å²) in [6.45, 7) is 2.34. The van der Waals surface area contributed by atoms with Crippen LogP contribution in [0.2, 0.25) is 5.15 Å². The average molecular weight is 592 g/mol. The SMILES string of the molecule is Cc1ccc(C2c3c(nc4n3CCCC4)CCN2C(=O)COc2ccc(N3CCCS3(=O)=O)nc2Cl)c(F)c1F. The number of amides is 1. The largest absolute Gasteiger partial charge is 0.481 e. The highest BCUT2D eigenvalue weighted by atomic mass is 35.5. The van der Waals surface area contributed by atoms with Gasteiger partial charge in [-0.25, -0.2) is 27.2 Å². The lowest BCUT2D eigenvalue weighted by atomic mass is 9.93. The smallest absolute Gasteiger partial charge is 0.261 e. The Morgan fingerprint density at radius 1 is 1.05 bits per heavy atom. The fourth-order valence-corrected chi connectivity index (χ4v) is 7.50. The summed E-state index contributed by atoms with van der Waals surface area (Å²) in [5.74, 6) is -1.12. The van der Waals surface area contributed by atoms with Crippen molar-refractivity contribution in [2.24, 2.45) is 0 Å². The maximum absolute atomic E-state index is 15.4. The van der Waals surface area contributed by atoms with Crippen LogP contribution in [0.5, 0.6) is 5.75 Å². The van der Waals surface area contributed by atoms with E-state index in [-0.39, 0.29) is 40.1 Å². The molecule has 0 bridgehead atoms. The third kappa shape index (κ3) is 4.60. The zero-order valence-electron chi connectivity index (χ0n) is 21.9. The second-order valence-electron chi connectivity index (χ2n) is 10.3. The number of nitrogens with zero attached hydrogens (tertiary/aromatic N) is 5. The Morgan fingerprint density at radius 3 is 2.62 bits per heavy atom. The molecule has 6 rings (SSSR count). The van der Waals surface area contributed by atoms with Crippen molar-refractivity contribution in [2.75, 3.05) is 29.8 Å². The van der Waals surface area contributed by atoms with E-state index in [1.165, 1.54) is 40.4 Å². The van der Waals surface area contributed by atoms with E-state index in [0.29, 0.717) is 31.6 Å². The van der Waals surface area contributed by atoms with Gasteiger partial charge >= 0.3 is 0 Å². The van der Waals surface area contributed by atoms with Crippen molar-refractivity contribution in [3.63, 3.8) is 0 Å². The third-order valence-electron chi connectivity index (χ3n) is 7.78. The number of aryl methyl sites for hydroxylation is 2. The first kappa shape index (κ1) is 26.9. The highest BCUT2D eigenvalue weighted by Gasteiger charge is 2.39. The van der Waals surface area contributed by atoms with Crippen LogP contribution < -0.4 is 9.04 Å². The van der Waals surface area contributed by atoms with Crippen LogP contribution in [0.3, 0.4) is 0 Å². The Morgan fingerprint density at radius 2 is 1.88 bits per heavy atom. The lowest BCUT2D eigenvalue weighted by Gasteiger charge is -2.37. The number of rotatable bonds is 5. The quantitative estimate of drug-likeness (QED) is 0.417. The second kappa shape index (κ2) is 10.3. The molecule has 9 nitrogen and oxygen atoms in total. The summed E-state index contributed by atoms with van der Waals surface area (Å²) in [5.41, 5.74) is 1.77. The number of fused-ring (bicyclic) bond motifs is 3. The standard InChI is InChI=1S/C27H28ClF2N5O4S/c1-16-6-7-17(24(30)23(16)29)25-26-18(31-20-5-2-3-11-33(20)26)10-13-34(25)22(36)15-39-19-8-9-21(32-27(19)28)35-12-4-14-40(35,37)38/h6-9,25H,2-5,10-15H2,1H3. The topological polar surface area (TPSA) is 97.6 Å². The van der Waals surface area contributed by atoms with Crippen LogP contribution in [0.4, 0.5) is 14.6 Å².